The standard InChI is InChI=1S/C21H20O4S/c1-26(23,24)18-13-11-17(12-14-18)21(22)19-9-5-6-10-20(19)25-15-16-7-3-2-4-8-16/h2-14,21-22H,15H2,1H3. The van der Waals surface area contributed by atoms with E-state index in [9.17, 15) is 13.5 Å². The van der Waals surface area contributed by atoms with E-state index in [0.717, 1.165) is 11.8 Å². The first-order valence-corrected chi connectivity index (χ1v) is 10.1. The minimum atomic E-state index is -3.26. The van der Waals surface area contributed by atoms with Gasteiger partial charge in [0.05, 0.1) is 4.90 Å². The molecule has 3 aromatic carbocycles. The summed E-state index contributed by atoms with van der Waals surface area (Å²) in [5.74, 6) is 0.594. The normalized spacial score (nSPS) is 12.5. The van der Waals surface area contributed by atoms with Gasteiger partial charge in [0.25, 0.3) is 0 Å². The lowest BCUT2D eigenvalue weighted by Gasteiger charge is -2.17. The number of hydrogen-bond acceptors (Lipinski definition) is 4. The van der Waals surface area contributed by atoms with Crippen molar-refractivity contribution in [3.63, 3.8) is 0 Å². The van der Waals surface area contributed by atoms with E-state index in [0.29, 0.717) is 23.5 Å². The lowest BCUT2D eigenvalue weighted by atomic mass is 10.0. The van der Waals surface area contributed by atoms with E-state index in [4.69, 9.17) is 4.74 Å². The first-order valence-electron chi connectivity index (χ1n) is 8.19. The largest absolute Gasteiger partial charge is 0.489 e. The van der Waals surface area contributed by atoms with E-state index >= 15 is 0 Å². The van der Waals surface area contributed by atoms with Gasteiger partial charge in [0, 0.05) is 11.8 Å². The molecule has 0 amide bonds. The Balaban J connectivity index is 1.82. The number of hydrogen-bond donors (Lipinski definition) is 1. The Morgan fingerprint density at radius 3 is 2.15 bits per heavy atom. The number of rotatable bonds is 6. The van der Waals surface area contributed by atoms with Crippen LogP contribution >= 0.6 is 0 Å². The molecule has 0 bridgehead atoms. The van der Waals surface area contributed by atoms with Gasteiger partial charge < -0.3 is 9.84 Å². The maximum atomic E-state index is 11.6. The van der Waals surface area contributed by atoms with E-state index in [1.54, 1.807) is 18.2 Å². The number of aliphatic hydroxyl groups excluding tert-OH is 1. The molecule has 1 unspecified atom stereocenters. The Bertz CT molecular complexity index is 964. The van der Waals surface area contributed by atoms with Gasteiger partial charge in [-0.1, -0.05) is 60.7 Å². The van der Waals surface area contributed by atoms with Crippen molar-refractivity contribution in [2.75, 3.05) is 6.26 Å². The first-order chi connectivity index (χ1) is 12.4. The second-order valence-electron chi connectivity index (χ2n) is 6.06. The molecule has 0 aliphatic heterocycles. The third-order valence-electron chi connectivity index (χ3n) is 4.07. The molecule has 4 nitrogen and oxygen atoms in total. The fourth-order valence-corrected chi connectivity index (χ4v) is 3.28. The SMILES string of the molecule is CS(=O)(=O)c1ccc(C(O)c2ccccc2OCc2ccccc2)cc1. The smallest absolute Gasteiger partial charge is 0.175 e. The molecule has 5 heteroatoms. The first kappa shape index (κ1) is 18.2. The van der Waals surface area contributed by atoms with Crippen molar-refractivity contribution in [1.82, 2.24) is 0 Å². The summed E-state index contributed by atoms with van der Waals surface area (Å²) in [6.07, 6.45) is 0.251. The van der Waals surface area contributed by atoms with Gasteiger partial charge in [-0.25, -0.2) is 8.42 Å². The Morgan fingerprint density at radius 2 is 1.50 bits per heavy atom. The topological polar surface area (TPSA) is 63.6 Å². The molecule has 0 fully saturated rings. The number of para-hydroxylation sites is 1. The second-order valence-corrected chi connectivity index (χ2v) is 8.07. The summed E-state index contributed by atoms with van der Waals surface area (Å²) < 4.78 is 29.0. The van der Waals surface area contributed by atoms with Crippen LogP contribution in [0.15, 0.2) is 83.8 Å². The van der Waals surface area contributed by atoms with Crippen LogP contribution < -0.4 is 4.74 Å². The van der Waals surface area contributed by atoms with Crippen LogP contribution in [-0.2, 0) is 16.4 Å². The molecular weight excluding hydrogens is 348 g/mol. The summed E-state index contributed by atoms with van der Waals surface area (Å²) >= 11 is 0. The van der Waals surface area contributed by atoms with Crippen LogP contribution in [0.2, 0.25) is 0 Å². The zero-order chi connectivity index (χ0) is 18.6. The van der Waals surface area contributed by atoms with Gasteiger partial charge in [-0.15, -0.1) is 0 Å². The molecule has 0 spiro atoms. The van der Waals surface area contributed by atoms with Crippen LogP contribution in [-0.4, -0.2) is 19.8 Å². The molecule has 0 saturated carbocycles. The average Bonchev–Trinajstić information content (AvgIpc) is 2.66. The maximum absolute atomic E-state index is 11.6. The predicted molar refractivity (Wildman–Crippen MR) is 101 cm³/mol. The summed E-state index contributed by atoms with van der Waals surface area (Å²) in [6.45, 7) is 0.400. The molecule has 0 aliphatic rings. The number of sulfone groups is 1. The van der Waals surface area contributed by atoms with E-state index in [1.165, 1.54) is 12.1 Å². The monoisotopic (exact) mass is 368 g/mol. The van der Waals surface area contributed by atoms with Crippen molar-refractivity contribution in [2.24, 2.45) is 0 Å². The molecule has 1 atom stereocenters. The minimum Gasteiger partial charge on any atom is -0.489 e. The Labute approximate surface area is 153 Å². The van der Waals surface area contributed by atoms with E-state index in [1.807, 2.05) is 48.5 Å². The van der Waals surface area contributed by atoms with Crippen molar-refractivity contribution in [3.05, 3.63) is 95.6 Å². The number of aliphatic hydroxyl groups is 1. The van der Waals surface area contributed by atoms with E-state index in [-0.39, 0.29) is 4.90 Å². The summed E-state index contributed by atoms with van der Waals surface area (Å²) in [5, 5.41) is 10.7. The predicted octanol–water partition coefficient (Wildman–Crippen LogP) is 3.75. The molecule has 1 N–H and O–H groups in total. The van der Waals surface area contributed by atoms with Crippen LogP contribution in [0.5, 0.6) is 5.75 Å². The van der Waals surface area contributed by atoms with Gasteiger partial charge in [0.2, 0.25) is 0 Å². The Kier molecular flexibility index (Phi) is 5.40. The van der Waals surface area contributed by atoms with Gasteiger partial charge in [-0.05, 0) is 29.3 Å². The Hall–Kier alpha value is -2.63. The van der Waals surface area contributed by atoms with Crippen molar-refractivity contribution in [1.29, 1.82) is 0 Å². The molecule has 0 saturated heterocycles. The molecule has 0 radical (unpaired) electrons. The molecule has 3 rings (SSSR count). The zero-order valence-electron chi connectivity index (χ0n) is 14.4. The maximum Gasteiger partial charge on any atom is 0.175 e. The highest BCUT2D eigenvalue weighted by atomic mass is 32.2. The third-order valence-corrected chi connectivity index (χ3v) is 5.20. The fraction of sp³-hybridized carbons (Fsp3) is 0.143. The van der Waals surface area contributed by atoms with E-state index in [2.05, 4.69) is 0 Å². The molecule has 0 aliphatic carbocycles. The highest BCUT2D eigenvalue weighted by Gasteiger charge is 2.16. The van der Waals surface area contributed by atoms with Gasteiger partial charge in [-0.2, -0.15) is 0 Å². The van der Waals surface area contributed by atoms with Gasteiger partial charge in [-0.3, -0.25) is 0 Å². The summed E-state index contributed by atoms with van der Waals surface area (Å²) in [7, 11) is -3.26. The van der Waals surface area contributed by atoms with Crippen LogP contribution in [0.4, 0.5) is 0 Å². The lowest BCUT2D eigenvalue weighted by Crippen LogP contribution is -2.05. The molecule has 134 valence electrons. The molecule has 3 aromatic rings. The van der Waals surface area contributed by atoms with Crippen molar-refractivity contribution < 1.29 is 18.3 Å². The van der Waals surface area contributed by atoms with Crippen LogP contribution in [0.1, 0.15) is 22.8 Å². The molecule has 26 heavy (non-hydrogen) atoms. The second kappa shape index (κ2) is 7.72. The fourth-order valence-electron chi connectivity index (χ4n) is 2.65. The quantitative estimate of drug-likeness (QED) is 0.720. The van der Waals surface area contributed by atoms with Crippen molar-refractivity contribution >= 4 is 9.84 Å². The molecule has 0 aromatic heterocycles. The van der Waals surface area contributed by atoms with Gasteiger partial charge in [0.1, 0.15) is 18.5 Å². The number of benzene rings is 3. The Morgan fingerprint density at radius 1 is 0.885 bits per heavy atom. The van der Waals surface area contributed by atoms with Crippen LogP contribution in [0.25, 0.3) is 0 Å². The summed E-state index contributed by atoms with van der Waals surface area (Å²) in [4.78, 5) is 0.224. The zero-order valence-corrected chi connectivity index (χ0v) is 15.2. The average molecular weight is 368 g/mol. The van der Waals surface area contributed by atoms with Crippen molar-refractivity contribution in [3.8, 4) is 5.75 Å². The highest BCUT2D eigenvalue weighted by Crippen LogP contribution is 2.31. The van der Waals surface area contributed by atoms with Crippen molar-refractivity contribution in [2.45, 2.75) is 17.6 Å². The lowest BCUT2D eigenvalue weighted by molar-refractivity contribution is 0.209. The summed E-state index contributed by atoms with van der Waals surface area (Å²) in [5.41, 5.74) is 2.28. The van der Waals surface area contributed by atoms with E-state index < -0.39 is 15.9 Å². The third kappa shape index (κ3) is 4.31. The molecule has 0 heterocycles. The minimum absolute atomic E-state index is 0.224. The van der Waals surface area contributed by atoms with Gasteiger partial charge in [0.15, 0.2) is 9.84 Å². The van der Waals surface area contributed by atoms with Crippen LogP contribution in [0, 0.1) is 0 Å². The number of ether oxygens (including phenoxy) is 1. The highest BCUT2D eigenvalue weighted by molar-refractivity contribution is 7.90. The van der Waals surface area contributed by atoms with Crippen LogP contribution in [0.3, 0.4) is 0 Å². The summed E-state index contributed by atoms with van der Waals surface area (Å²) in [6, 6.07) is 23.3. The molecular formula is C21H20O4S. The van der Waals surface area contributed by atoms with Gasteiger partial charge >= 0.3 is 0 Å².